The standard InChI is InChI=1S/C16H19N3O4/c1-11-8-12(2)19(18-11)9-14(15(20)21)17-16(22)23-10-13-6-4-3-5-7-13/h3-8,14H,9-10H2,1-2H3,(H,17,22)(H,20,21). The minimum atomic E-state index is -1.14. The van der Waals surface area contributed by atoms with E-state index in [0.29, 0.717) is 0 Å². The number of amides is 1. The molecule has 1 heterocycles. The van der Waals surface area contributed by atoms with Gasteiger partial charge in [0.25, 0.3) is 0 Å². The predicted molar refractivity (Wildman–Crippen MR) is 82.9 cm³/mol. The Balaban J connectivity index is 1.92. The molecule has 23 heavy (non-hydrogen) atoms. The zero-order chi connectivity index (χ0) is 16.8. The second-order valence-electron chi connectivity index (χ2n) is 5.21. The van der Waals surface area contributed by atoms with Gasteiger partial charge >= 0.3 is 12.1 Å². The number of alkyl carbamates (subject to hydrolysis) is 1. The number of nitrogens with one attached hydrogen (secondary N) is 1. The van der Waals surface area contributed by atoms with Crippen molar-refractivity contribution in [1.29, 1.82) is 0 Å². The molecule has 0 aliphatic heterocycles. The summed E-state index contributed by atoms with van der Waals surface area (Å²) in [6, 6.07) is 9.89. The fraction of sp³-hybridized carbons (Fsp3) is 0.312. The van der Waals surface area contributed by atoms with Crippen molar-refractivity contribution in [2.75, 3.05) is 0 Å². The normalized spacial score (nSPS) is 11.7. The average Bonchev–Trinajstić information content (AvgIpc) is 2.83. The average molecular weight is 317 g/mol. The van der Waals surface area contributed by atoms with Crippen LogP contribution in [-0.4, -0.2) is 33.0 Å². The van der Waals surface area contributed by atoms with Gasteiger partial charge in [-0.05, 0) is 25.5 Å². The van der Waals surface area contributed by atoms with E-state index in [0.717, 1.165) is 17.0 Å². The molecular weight excluding hydrogens is 298 g/mol. The molecule has 1 aromatic carbocycles. The number of ether oxygens (including phenoxy) is 1. The Kier molecular flexibility index (Phi) is 5.35. The highest BCUT2D eigenvalue weighted by atomic mass is 16.5. The van der Waals surface area contributed by atoms with Crippen LogP contribution in [0.25, 0.3) is 0 Å². The van der Waals surface area contributed by atoms with Crippen LogP contribution in [0.1, 0.15) is 17.0 Å². The van der Waals surface area contributed by atoms with Gasteiger partial charge in [0.1, 0.15) is 12.6 Å². The number of carbonyl (C=O) groups excluding carboxylic acids is 1. The molecular formula is C16H19N3O4. The number of hydrogen-bond donors (Lipinski definition) is 2. The largest absolute Gasteiger partial charge is 0.480 e. The van der Waals surface area contributed by atoms with Crippen LogP contribution >= 0.6 is 0 Å². The highest BCUT2D eigenvalue weighted by Crippen LogP contribution is 2.04. The van der Waals surface area contributed by atoms with Crippen LogP contribution in [0.5, 0.6) is 0 Å². The van der Waals surface area contributed by atoms with Crippen molar-refractivity contribution in [3.05, 3.63) is 53.3 Å². The van der Waals surface area contributed by atoms with Gasteiger partial charge in [0.2, 0.25) is 0 Å². The third-order valence-corrected chi connectivity index (χ3v) is 3.26. The van der Waals surface area contributed by atoms with Crippen molar-refractivity contribution in [3.63, 3.8) is 0 Å². The van der Waals surface area contributed by atoms with Crippen LogP contribution in [0, 0.1) is 13.8 Å². The number of carboxylic acids is 1. The SMILES string of the molecule is Cc1cc(C)n(CC(NC(=O)OCc2ccccc2)C(=O)O)n1. The second-order valence-corrected chi connectivity index (χ2v) is 5.21. The Morgan fingerprint density at radius 1 is 1.30 bits per heavy atom. The summed E-state index contributed by atoms with van der Waals surface area (Å²) < 4.78 is 6.59. The maximum Gasteiger partial charge on any atom is 0.408 e. The molecule has 0 fully saturated rings. The number of aromatic nitrogens is 2. The molecule has 0 saturated heterocycles. The number of carboxylic acid groups (broad SMARTS) is 1. The summed E-state index contributed by atoms with van der Waals surface area (Å²) in [7, 11) is 0. The maximum absolute atomic E-state index is 11.8. The summed E-state index contributed by atoms with van der Waals surface area (Å²) in [6.45, 7) is 3.77. The molecule has 7 heteroatoms. The Morgan fingerprint density at radius 2 is 2.00 bits per heavy atom. The number of nitrogens with zero attached hydrogens (tertiary/aromatic N) is 2. The van der Waals surface area contributed by atoms with Crippen LogP contribution < -0.4 is 5.32 Å². The number of aryl methyl sites for hydroxylation is 2. The first-order chi connectivity index (χ1) is 11.0. The zero-order valence-corrected chi connectivity index (χ0v) is 13.0. The van der Waals surface area contributed by atoms with Crippen LogP contribution in [0.15, 0.2) is 36.4 Å². The number of carbonyl (C=O) groups is 2. The Hall–Kier alpha value is -2.83. The Labute approximate surface area is 133 Å². The van der Waals surface area contributed by atoms with E-state index in [1.54, 1.807) is 4.68 Å². The van der Waals surface area contributed by atoms with Crippen molar-refractivity contribution in [2.24, 2.45) is 0 Å². The van der Waals surface area contributed by atoms with E-state index in [1.165, 1.54) is 0 Å². The Bertz CT molecular complexity index is 682. The minimum Gasteiger partial charge on any atom is -0.480 e. The molecule has 0 aliphatic carbocycles. The van der Waals surface area contributed by atoms with Gasteiger partial charge in [-0.1, -0.05) is 30.3 Å². The van der Waals surface area contributed by atoms with Crippen LogP contribution in [-0.2, 0) is 22.7 Å². The highest BCUT2D eigenvalue weighted by Gasteiger charge is 2.22. The minimum absolute atomic E-state index is 0.0371. The lowest BCUT2D eigenvalue weighted by Gasteiger charge is -2.15. The monoisotopic (exact) mass is 317 g/mol. The van der Waals surface area contributed by atoms with E-state index in [9.17, 15) is 14.7 Å². The molecule has 2 rings (SSSR count). The third kappa shape index (κ3) is 4.84. The zero-order valence-electron chi connectivity index (χ0n) is 13.0. The van der Waals surface area contributed by atoms with E-state index in [-0.39, 0.29) is 13.2 Å². The highest BCUT2D eigenvalue weighted by molar-refractivity contribution is 5.79. The van der Waals surface area contributed by atoms with Gasteiger partial charge in [0.15, 0.2) is 0 Å². The molecule has 1 unspecified atom stereocenters. The molecule has 0 bridgehead atoms. The fourth-order valence-electron chi connectivity index (χ4n) is 2.13. The predicted octanol–water partition coefficient (Wildman–Crippen LogP) is 1.88. The van der Waals surface area contributed by atoms with E-state index in [2.05, 4.69) is 10.4 Å². The molecule has 0 aliphatic rings. The van der Waals surface area contributed by atoms with Gasteiger partial charge in [0.05, 0.1) is 12.2 Å². The summed E-state index contributed by atoms with van der Waals surface area (Å²) in [4.78, 5) is 23.1. The number of hydrogen-bond acceptors (Lipinski definition) is 4. The van der Waals surface area contributed by atoms with Crippen molar-refractivity contribution >= 4 is 12.1 Å². The number of benzene rings is 1. The summed E-state index contributed by atoms with van der Waals surface area (Å²) >= 11 is 0. The quantitative estimate of drug-likeness (QED) is 0.848. The van der Waals surface area contributed by atoms with Crippen molar-refractivity contribution in [2.45, 2.75) is 33.0 Å². The summed E-state index contributed by atoms with van der Waals surface area (Å²) in [5.74, 6) is -1.14. The van der Waals surface area contributed by atoms with E-state index in [4.69, 9.17) is 4.74 Å². The molecule has 0 spiro atoms. The lowest BCUT2D eigenvalue weighted by atomic mass is 10.2. The molecule has 2 aromatic rings. The molecule has 7 nitrogen and oxygen atoms in total. The van der Waals surface area contributed by atoms with Crippen LogP contribution in [0.4, 0.5) is 4.79 Å². The summed E-state index contributed by atoms with van der Waals surface area (Å²) in [5, 5.41) is 15.8. The molecule has 1 atom stereocenters. The van der Waals surface area contributed by atoms with Gasteiger partial charge in [-0.3, -0.25) is 4.68 Å². The second kappa shape index (κ2) is 7.44. The first kappa shape index (κ1) is 16.5. The Morgan fingerprint density at radius 3 is 2.57 bits per heavy atom. The summed E-state index contributed by atoms with van der Waals surface area (Å²) in [5.41, 5.74) is 2.44. The van der Waals surface area contributed by atoms with E-state index in [1.807, 2.05) is 50.2 Å². The lowest BCUT2D eigenvalue weighted by Crippen LogP contribution is -2.44. The van der Waals surface area contributed by atoms with Crippen molar-refractivity contribution < 1.29 is 19.4 Å². The molecule has 1 aromatic heterocycles. The lowest BCUT2D eigenvalue weighted by molar-refractivity contribution is -0.139. The van der Waals surface area contributed by atoms with Gasteiger partial charge < -0.3 is 15.2 Å². The third-order valence-electron chi connectivity index (χ3n) is 3.26. The first-order valence-electron chi connectivity index (χ1n) is 7.17. The molecule has 2 N–H and O–H groups in total. The van der Waals surface area contributed by atoms with Crippen LogP contribution in [0.3, 0.4) is 0 Å². The van der Waals surface area contributed by atoms with Crippen molar-refractivity contribution in [1.82, 2.24) is 15.1 Å². The van der Waals surface area contributed by atoms with E-state index < -0.39 is 18.1 Å². The van der Waals surface area contributed by atoms with Gasteiger partial charge in [0, 0.05) is 5.69 Å². The smallest absolute Gasteiger partial charge is 0.408 e. The van der Waals surface area contributed by atoms with E-state index >= 15 is 0 Å². The van der Waals surface area contributed by atoms with Gasteiger partial charge in [-0.15, -0.1) is 0 Å². The van der Waals surface area contributed by atoms with Gasteiger partial charge in [-0.2, -0.15) is 5.10 Å². The molecule has 122 valence electrons. The maximum atomic E-state index is 11.8. The molecule has 0 saturated carbocycles. The number of rotatable bonds is 6. The number of aliphatic carboxylic acids is 1. The van der Waals surface area contributed by atoms with Crippen molar-refractivity contribution in [3.8, 4) is 0 Å². The summed E-state index contributed by atoms with van der Waals surface area (Å²) in [6.07, 6.45) is -0.775. The topological polar surface area (TPSA) is 93.5 Å². The first-order valence-corrected chi connectivity index (χ1v) is 7.17. The fourth-order valence-corrected chi connectivity index (χ4v) is 2.13. The molecule has 0 radical (unpaired) electrons. The van der Waals surface area contributed by atoms with Crippen LogP contribution in [0.2, 0.25) is 0 Å². The van der Waals surface area contributed by atoms with Gasteiger partial charge in [-0.25, -0.2) is 9.59 Å². The molecule has 1 amide bonds.